The highest BCUT2D eigenvalue weighted by Gasteiger charge is 2.38. The molecule has 2 heterocycles. The van der Waals surface area contributed by atoms with Gasteiger partial charge in [0.2, 0.25) is 35.4 Å². The molecule has 0 spiro atoms. The Balaban J connectivity index is 0.000000979. The number of rotatable bonds is 39. The maximum absolute atomic E-state index is 11.9. The number of hydrogen-bond acceptors (Lipinski definition) is 18. The van der Waals surface area contributed by atoms with Crippen LogP contribution in [0.4, 0.5) is 0 Å². The van der Waals surface area contributed by atoms with E-state index in [-0.39, 0.29) is 97.0 Å². The van der Waals surface area contributed by atoms with Crippen molar-refractivity contribution in [2.24, 2.45) is 0 Å². The van der Waals surface area contributed by atoms with Crippen molar-refractivity contribution in [2.45, 2.75) is 76.2 Å². The number of imide groups is 2. The second kappa shape index (κ2) is 43.8. The Morgan fingerprint density at radius 3 is 1.32 bits per heavy atom. The molecule has 2 aliphatic heterocycles. The highest BCUT2D eigenvalue weighted by Crippen LogP contribution is 2.23. The zero-order chi connectivity index (χ0) is 48.3. The van der Waals surface area contributed by atoms with Crippen molar-refractivity contribution in [3.8, 4) is 0 Å². The van der Waals surface area contributed by atoms with E-state index in [0.717, 1.165) is 39.3 Å². The summed E-state index contributed by atoms with van der Waals surface area (Å²) in [6.45, 7) is 18.6. The third-order valence-electron chi connectivity index (χ3n) is 9.35. The first-order chi connectivity index (χ1) is 31.5. The van der Waals surface area contributed by atoms with E-state index in [1.165, 1.54) is 33.3 Å². The lowest BCUT2D eigenvalue weighted by Gasteiger charge is -2.15. The summed E-state index contributed by atoms with van der Waals surface area (Å²) >= 11 is 2.76. The SMILES string of the molecule is CCNCCOCCOCCC(=O)NC.CCNCCOCCOCCC(=O)NCCN1C(=O)CC(SC)C1=O.CCNCCOCCOCCCC(=O)CCN1C(=O)CC(SC)C1=O. The Hall–Kier alpha value is -2.77. The largest absolute Gasteiger partial charge is 0.379 e. The molecule has 0 aromatic rings. The molecule has 0 saturated carbocycles. The van der Waals surface area contributed by atoms with E-state index in [9.17, 15) is 33.6 Å². The Bertz CT molecular complexity index is 1310. The number of likely N-dealkylation sites (N-methyl/N-ethyl adjacent to an activating group) is 3. The number of likely N-dealkylation sites (tertiary alicyclic amines) is 2. The van der Waals surface area contributed by atoms with Crippen molar-refractivity contribution in [3.05, 3.63) is 0 Å². The van der Waals surface area contributed by atoms with Gasteiger partial charge in [-0.05, 0) is 38.6 Å². The van der Waals surface area contributed by atoms with Gasteiger partial charge in [-0.3, -0.25) is 43.4 Å². The van der Waals surface area contributed by atoms with Crippen LogP contribution in [0.25, 0.3) is 0 Å². The van der Waals surface area contributed by atoms with Gasteiger partial charge in [0.25, 0.3) is 0 Å². The van der Waals surface area contributed by atoms with Crippen LogP contribution in [0.2, 0.25) is 0 Å². The lowest BCUT2D eigenvalue weighted by atomic mass is 10.1. The van der Waals surface area contributed by atoms with Gasteiger partial charge in [-0.25, -0.2) is 0 Å². The number of thioether (sulfide) groups is 2. The van der Waals surface area contributed by atoms with Crippen LogP contribution in [-0.2, 0) is 62.0 Å². The summed E-state index contributed by atoms with van der Waals surface area (Å²) < 4.78 is 31.9. The first kappa shape index (κ1) is 62.2. The third kappa shape index (κ3) is 33.4. The smallest absolute Gasteiger partial charge is 0.242 e. The molecule has 2 atom stereocenters. The van der Waals surface area contributed by atoms with Crippen LogP contribution < -0.4 is 26.6 Å². The maximum atomic E-state index is 11.9. The molecular formula is C43H81N7O13S2. The molecule has 0 bridgehead atoms. The maximum Gasteiger partial charge on any atom is 0.242 e. The Kier molecular flexibility index (Phi) is 41.9. The highest BCUT2D eigenvalue weighted by molar-refractivity contribution is 8.00. The Labute approximate surface area is 395 Å². The zero-order valence-electron chi connectivity index (χ0n) is 40.0. The average Bonchev–Trinajstić information content (AvgIpc) is 3.74. The normalized spacial score (nSPS) is 15.8. The van der Waals surface area contributed by atoms with Crippen molar-refractivity contribution in [2.75, 3.05) is 158 Å². The van der Waals surface area contributed by atoms with Gasteiger partial charge in [-0.2, -0.15) is 23.5 Å². The second-order valence-electron chi connectivity index (χ2n) is 14.3. The minimum Gasteiger partial charge on any atom is -0.379 e. The van der Waals surface area contributed by atoms with Gasteiger partial charge < -0.3 is 55.0 Å². The second-order valence-corrected chi connectivity index (χ2v) is 16.4. The standard InChI is InChI=1S/C17H30N2O5S.C16H29N3O5S.C10H22N2O3/c1-3-18-7-10-24-12-11-23-9-4-5-14(20)6-8-19-16(21)13-15(25-2)17(19)22;1-3-17-6-9-24-11-10-23-8-4-14(20)18-5-7-19-15(21)12-13(25-2)16(19)22;1-3-12-5-7-15-9-8-14-6-4-10(13)11-2/h15,18H,3-13H2,1-2H3;13,17H,3-12H2,1-2H3,(H,18,20);12H,3-9H2,1-2H3,(H,11,13). The molecule has 2 saturated heterocycles. The molecule has 5 N–H and O–H groups in total. The molecule has 0 aromatic carbocycles. The van der Waals surface area contributed by atoms with Gasteiger partial charge in [0, 0.05) is 91.4 Å². The summed E-state index contributed by atoms with van der Waals surface area (Å²) in [6.07, 6.45) is 6.06. The highest BCUT2D eigenvalue weighted by atomic mass is 32.2. The third-order valence-corrected chi connectivity index (χ3v) is 11.2. The summed E-state index contributed by atoms with van der Waals surface area (Å²) in [6, 6.07) is 0. The number of carbonyl (C=O) groups is 7. The molecule has 2 rings (SSSR count). The van der Waals surface area contributed by atoms with E-state index in [1.807, 2.05) is 26.4 Å². The fourth-order valence-corrected chi connectivity index (χ4v) is 6.93. The van der Waals surface area contributed by atoms with Crippen molar-refractivity contribution in [1.29, 1.82) is 0 Å². The molecule has 2 unspecified atom stereocenters. The van der Waals surface area contributed by atoms with Crippen LogP contribution >= 0.6 is 23.5 Å². The molecule has 0 radical (unpaired) electrons. The molecule has 20 nitrogen and oxygen atoms in total. The first-order valence-electron chi connectivity index (χ1n) is 22.8. The molecule has 378 valence electrons. The molecule has 6 amide bonds. The molecule has 2 aliphatic rings. The number of nitrogens with one attached hydrogen (secondary N) is 5. The van der Waals surface area contributed by atoms with Gasteiger partial charge >= 0.3 is 0 Å². The fraction of sp³-hybridized carbons (Fsp3) is 0.837. The van der Waals surface area contributed by atoms with Crippen LogP contribution in [0.1, 0.15) is 65.7 Å². The Morgan fingerprint density at radius 2 is 0.923 bits per heavy atom. The number of carbonyl (C=O) groups excluding carboxylic acids is 7. The van der Waals surface area contributed by atoms with Gasteiger partial charge in [0.15, 0.2) is 0 Å². The van der Waals surface area contributed by atoms with Crippen LogP contribution in [-0.4, -0.2) is 219 Å². The molecule has 22 heteroatoms. The number of Topliss-reactive ketones (excluding diaryl/α,β-unsaturated/α-hetero) is 1. The minimum atomic E-state index is -0.282. The molecule has 0 aliphatic carbocycles. The summed E-state index contributed by atoms with van der Waals surface area (Å²) in [5, 5.41) is 14.1. The van der Waals surface area contributed by atoms with Crippen molar-refractivity contribution in [3.63, 3.8) is 0 Å². The lowest BCUT2D eigenvalue weighted by molar-refractivity contribution is -0.140. The number of hydrogen-bond donors (Lipinski definition) is 5. The topological polar surface area (TPSA) is 241 Å². The van der Waals surface area contributed by atoms with Gasteiger partial charge in [-0.1, -0.05) is 20.8 Å². The molecule has 0 aromatic heterocycles. The van der Waals surface area contributed by atoms with Crippen LogP contribution in [0.3, 0.4) is 0 Å². The van der Waals surface area contributed by atoms with Gasteiger partial charge in [0.1, 0.15) is 5.78 Å². The fourth-order valence-electron chi connectivity index (χ4n) is 5.66. The van der Waals surface area contributed by atoms with Gasteiger partial charge in [-0.15, -0.1) is 0 Å². The average molecular weight is 968 g/mol. The summed E-state index contributed by atoms with van der Waals surface area (Å²) in [5.74, 6) is -0.770. The first-order valence-corrected chi connectivity index (χ1v) is 25.4. The number of nitrogens with zero attached hydrogens (tertiary/aromatic N) is 2. The van der Waals surface area contributed by atoms with Crippen molar-refractivity contribution < 1.29 is 62.0 Å². The van der Waals surface area contributed by atoms with Crippen molar-refractivity contribution >= 4 is 64.8 Å². The molecular weight excluding hydrogens is 887 g/mol. The van der Waals surface area contributed by atoms with Crippen molar-refractivity contribution in [1.82, 2.24) is 36.4 Å². The number of ether oxygens (including phenoxy) is 6. The zero-order valence-corrected chi connectivity index (χ0v) is 41.6. The van der Waals surface area contributed by atoms with E-state index < -0.39 is 0 Å². The Morgan fingerprint density at radius 1 is 0.523 bits per heavy atom. The lowest BCUT2D eigenvalue weighted by Crippen LogP contribution is -2.39. The van der Waals surface area contributed by atoms with E-state index in [4.69, 9.17) is 28.4 Å². The van der Waals surface area contributed by atoms with Crippen LogP contribution in [0, 0.1) is 0 Å². The van der Waals surface area contributed by atoms with E-state index in [1.54, 1.807) is 7.05 Å². The predicted molar refractivity (Wildman–Crippen MR) is 253 cm³/mol. The minimum absolute atomic E-state index is 0.00284. The van der Waals surface area contributed by atoms with Crippen LogP contribution in [0.15, 0.2) is 0 Å². The summed E-state index contributed by atoms with van der Waals surface area (Å²) in [4.78, 5) is 84.1. The summed E-state index contributed by atoms with van der Waals surface area (Å²) in [5.41, 5.74) is 0. The monoisotopic (exact) mass is 968 g/mol. The van der Waals surface area contributed by atoms with E-state index >= 15 is 0 Å². The van der Waals surface area contributed by atoms with Crippen LogP contribution in [0.5, 0.6) is 0 Å². The molecule has 2 fully saturated rings. The summed E-state index contributed by atoms with van der Waals surface area (Å²) in [7, 11) is 1.62. The van der Waals surface area contributed by atoms with E-state index in [2.05, 4.69) is 33.5 Å². The molecule has 65 heavy (non-hydrogen) atoms. The van der Waals surface area contributed by atoms with E-state index in [0.29, 0.717) is 98.5 Å². The van der Waals surface area contributed by atoms with Gasteiger partial charge in [0.05, 0.1) is 83.2 Å². The predicted octanol–water partition coefficient (Wildman–Crippen LogP) is 0.250. The number of ketones is 1. The quantitative estimate of drug-likeness (QED) is 0.0410. The number of amides is 6.